The number of alkyl halides is 2. The van der Waals surface area contributed by atoms with Crippen LogP contribution < -0.4 is 26.1 Å². The molecule has 1 aromatic heterocycles. The molecule has 3 aliphatic rings. The highest BCUT2D eigenvalue weighted by atomic mass is 35.5. The summed E-state index contributed by atoms with van der Waals surface area (Å²) in [4.78, 5) is 68.2. The Kier molecular flexibility index (Phi) is 27.1. The van der Waals surface area contributed by atoms with Crippen molar-refractivity contribution < 1.29 is 64.9 Å². The molecular weight excluding hydrogens is 1060 g/mol. The number of nitrogens with zero attached hydrogens (tertiary/aromatic N) is 3. The number of benzene rings is 3. The average Bonchev–Trinajstić information content (AvgIpc) is 4.31. The third-order valence-corrected chi connectivity index (χ3v) is 10.7. The summed E-state index contributed by atoms with van der Waals surface area (Å²) >= 11 is 5.45. The summed E-state index contributed by atoms with van der Waals surface area (Å²) in [7, 11) is 1.49. The molecule has 4 aromatic rings. The fourth-order valence-corrected chi connectivity index (χ4v) is 6.96. The van der Waals surface area contributed by atoms with Gasteiger partial charge < -0.3 is 30.2 Å². The molecule has 0 radical (unpaired) electrons. The van der Waals surface area contributed by atoms with Gasteiger partial charge in [-0.05, 0) is 159 Å². The lowest BCUT2D eigenvalue weighted by atomic mass is 10.1. The zero-order valence-corrected chi connectivity index (χ0v) is 46.7. The Morgan fingerprint density at radius 2 is 1.06 bits per heavy atom. The van der Waals surface area contributed by atoms with Gasteiger partial charge in [-0.3, -0.25) is 24.4 Å². The number of hydrogen-bond donors (Lipinski definition) is 5. The van der Waals surface area contributed by atoms with E-state index < -0.39 is 53.1 Å². The fraction of sp³-hybridized carbons (Fsp3) is 0.411. The molecule has 17 nitrogen and oxygen atoms in total. The normalized spacial score (nSPS) is 18.1. The zero-order valence-electron chi connectivity index (χ0n) is 46.0. The van der Waals surface area contributed by atoms with Crippen molar-refractivity contribution in [3.05, 3.63) is 163 Å². The van der Waals surface area contributed by atoms with Gasteiger partial charge in [-0.15, -0.1) is 0 Å². The lowest BCUT2D eigenvalue weighted by Gasteiger charge is -2.21. The smallest absolute Gasteiger partial charge is 0.421 e. The third-order valence-electron chi connectivity index (χ3n) is 10.5. The minimum Gasteiger partial charge on any atom is -0.444 e. The lowest BCUT2D eigenvalue weighted by Crippen LogP contribution is -2.34. The summed E-state index contributed by atoms with van der Waals surface area (Å²) in [5.74, 6) is -0.455. The fourth-order valence-electron chi connectivity index (χ4n) is 6.72. The van der Waals surface area contributed by atoms with Crippen LogP contribution in [0.15, 0.2) is 117 Å². The minimum absolute atomic E-state index is 0.0937. The van der Waals surface area contributed by atoms with Crippen molar-refractivity contribution in [2.45, 2.75) is 141 Å². The van der Waals surface area contributed by atoms with Crippen LogP contribution in [-0.2, 0) is 30.8 Å². The maximum Gasteiger partial charge on any atom is 0.421 e. The van der Waals surface area contributed by atoms with E-state index in [4.69, 9.17) is 26.0 Å². The predicted octanol–water partition coefficient (Wildman–Crippen LogP) is 11.5. The number of carbonyl (C=O) groups excluding carboxylic acids is 6. The van der Waals surface area contributed by atoms with Crippen LogP contribution in [0.25, 0.3) is 0 Å². The number of ether oxygens (including phenoxy) is 3. The summed E-state index contributed by atoms with van der Waals surface area (Å²) in [6.07, 6.45) is 4.16. The Morgan fingerprint density at radius 3 is 1.39 bits per heavy atom. The number of aryl methyl sites for hydroxylation is 1. The SMILES string of the molecule is C=CN(C=O)C(=O)OC(C)(C)C.C=CNC(=O)OC(C)(C)C.C=CNC=O.CC(C)(C)OC(=O)N[C@@H]1CC1c1ccc(F)cc1.Cn1cc(C(=O)N[C@@H]2CC2c2ccc(F)cc2)c(C(F)F)n1.Fc1ccc(C2C[C@H]2NCl)cc1. The number of hydrogen-bond acceptors (Lipinski definition) is 11. The van der Waals surface area contributed by atoms with Gasteiger partial charge in [0.05, 0.1) is 5.56 Å². The molecule has 0 saturated heterocycles. The number of alkyl carbamates (subject to hydrolysis) is 2. The molecule has 6 amide bonds. The van der Waals surface area contributed by atoms with Gasteiger partial charge >= 0.3 is 18.3 Å². The highest BCUT2D eigenvalue weighted by Crippen LogP contribution is 2.42. The molecular formula is C56H72ClF5N8O9. The van der Waals surface area contributed by atoms with E-state index in [1.807, 2.05) is 32.9 Å². The van der Waals surface area contributed by atoms with Crippen LogP contribution in [0, 0.1) is 17.5 Å². The number of aromatic nitrogens is 2. The third kappa shape index (κ3) is 27.0. The summed E-state index contributed by atoms with van der Waals surface area (Å²) in [5.41, 5.74) is 0.999. The maximum absolute atomic E-state index is 12.9. The molecule has 0 bridgehead atoms. The van der Waals surface area contributed by atoms with Crippen molar-refractivity contribution in [1.29, 1.82) is 0 Å². The molecule has 3 unspecified atom stereocenters. The molecule has 6 atom stereocenters. The number of amides is 6. The molecule has 5 N–H and O–H groups in total. The van der Waals surface area contributed by atoms with Crippen LogP contribution in [0.1, 0.15) is 138 Å². The van der Waals surface area contributed by atoms with Crippen LogP contribution >= 0.6 is 11.8 Å². The molecule has 79 heavy (non-hydrogen) atoms. The quantitative estimate of drug-likeness (QED) is 0.0368. The van der Waals surface area contributed by atoms with E-state index in [2.05, 4.69) is 50.9 Å². The van der Waals surface area contributed by atoms with Crippen molar-refractivity contribution in [1.82, 2.24) is 40.8 Å². The molecule has 432 valence electrons. The molecule has 3 fully saturated rings. The van der Waals surface area contributed by atoms with E-state index in [1.165, 1.54) is 66.7 Å². The van der Waals surface area contributed by atoms with Crippen LogP contribution in [0.2, 0.25) is 0 Å². The molecule has 3 aromatic carbocycles. The number of halogens is 6. The molecule has 3 aliphatic carbocycles. The average molecular weight is 1130 g/mol. The maximum atomic E-state index is 12.9. The topological polar surface area (TPSA) is 211 Å². The van der Waals surface area contributed by atoms with Gasteiger partial charge in [0.2, 0.25) is 12.8 Å². The van der Waals surface area contributed by atoms with Crippen molar-refractivity contribution in [3.8, 4) is 0 Å². The van der Waals surface area contributed by atoms with Gasteiger partial charge in [0.25, 0.3) is 12.3 Å². The molecule has 0 aliphatic heterocycles. The number of imide groups is 1. The van der Waals surface area contributed by atoms with E-state index in [0.29, 0.717) is 31.2 Å². The number of carbonyl (C=O) groups is 6. The van der Waals surface area contributed by atoms with E-state index in [-0.39, 0.29) is 46.9 Å². The molecule has 1 heterocycles. The highest BCUT2D eigenvalue weighted by molar-refractivity contribution is 6.13. The lowest BCUT2D eigenvalue weighted by molar-refractivity contribution is -0.115. The highest BCUT2D eigenvalue weighted by Gasteiger charge is 2.42. The van der Waals surface area contributed by atoms with E-state index >= 15 is 0 Å². The monoisotopic (exact) mass is 1130 g/mol. The second-order valence-electron chi connectivity index (χ2n) is 20.6. The number of nitrogens with one attached hydrogen (secondary N) is 5. The first-order valence-electron chi connectivity index (χ1n) is 24.6. The summed E-state index contributed by atoms with van der Waals surface area (Å²) in [5, 5.41) is 13.7. The van der Waals surface area contributed by atoms with E-state index in [0.717, 1.165) is 40.6 Å². The first kappa shape index (κ1) is 67.5. The van der Waals surface area contributed by atoms with Crippen molar-refractivity contribution in [2.24, 2.45) is 7.05 Å². The second-order valence-corrected chi connectivity index (χ2v) is 20.9. The van der Waals surface area contributed by atoms with Crippen LogP contribution in [0.4, 0.5) is 36.3 Å². The zero-order chi connectivity index (χ0) is 59.8. The minimum atomic E-state index is -2.80. The van der Waals surface area contributed by atoms with Crippen molar-refractivity contribution in [3.63, 3.8) is 0 Å². The van der Waals surface area contributed by atoms with Gasteiger partial charge in [-0.25, -0.2) is 46.1 Å². The number of rotatable bonds is 13. The van der Waals surface area contributed by atoms with Gasteiger partial charge in [-0.2, -0.15) is 5.10 Å². The van der Waals surface area contributed by atoms with Crippen molar-refractivity contribution in [2.75, 3.05) is 0 Å². The Hall–Kier alpha value is -7.59. The Labute approximate surface area is 463 Å². The van der Waals surface area contributed by atoms with Crippen LogP contribution in [0.5, 0.6) is 0 Å². The van der Waals surface area contributed by atoms with Gasteiger partial charge in [0.1, 0.15) is 39.9 Å². The van der Waals surface area contributed by atoms with Crippen LogP contribution in [-0.4, -0.2) is 86.6 Å². The Bertz CT molecular complexity index is 2610. The first-order valence-corrected chi connectivity index (χ1v) is 25.0. The van der Waals surface area contributed by atoms with E-state index in [9.17, 15) is 50.7 Å². The molecule has 23 heteroatoms. The van der Waals surface area contributed by atoms with Crippen LogP contribution in [0.3, 0.4) is 0 Å². The summed E-state index contributed by atoms with van der Waals surface area (Å²) < 4.78 is 79.9. The van der Waals surface area contributed by atoms with Crippen molar-refractivity contribution >= 4 is 48.8 Å². The van der Waals surface area contributed by atoms with E-state index in [1.54, 1.807) is 65.8 Å². The van der Waals surface area contributed by atoms with Gasteiger partial charge in [-0.1, -0.05) is 56.1 Å². The Morgan fingerprint density at radius 1 is 0.658 bits per heavy atom. The molecule has 7 rings (SSSR count). The summed E-state index contributed by atoms with van der Waals surface area (Å²) in [6, 6.07) is 19.4. The largest absolute Gasteiger partial charge is 0.444 e. The second kappa shape index (κ2) is 31.7. The molecule has 0 spiro atoms. The van der Waals surface area contributed by atoms with Gasteiger partial charge in [0.15, 0.2) is 0 Å². The predicted molar refractivity (Wildman–Crippen MR) is 290 cm³/mol. The Balaban J connectivity index is 0.000000340. The van der Waals surface area contributed by atoms with Gasteiger partial charge in [0, 0.05) is 55.3 Å². The molecule has 3 saturated carbocycles. The summed E-state index contributed by atoms with van der Waals surface area (Å²) in [6.45, 7) is 25.9. The first-order chi connectivity index (χ1) is 36.9. The standard InChI is InChI=1S/C15H14F3N3O.C14H18FNO2.C9H9ClFN.C8H13NO3.C7H13NO2.C3H5NO/c1-21-7-11(13(20-21)14(17)18)15(22)19-12-6-10(12)8-2-4-9(16)5-3-8;1-14(2,3)18-13(17)16-12-8-11(12)9-4-6-10(15)7-5-9;10-12-9-5-8(9)6-1-3-7(11)4-2-6;1-5-9(6-10)7(11)12-8(2,3)4;1-5-8-6(9)10-7(2,3)4;1-2-4-3-5/h2-5,7,10,12,14H,6H2,1H3,(H,19,22);4-7,11-12H,8H2,1-3H3,(H,16,17);1-4,8-9,12H,5H2;5-6H,1H2,2-4H3;5H,1H2,2-4H3,(H,8,9);2-3H,1H2,(H,4,5)/t10?,12-;11?,12-;8?,9-;;;/m111.../s1.